The molecule has 0 spiro atoms. The molecule has 0 radical (unpaired) electrons. The SMILES string of the molecule is Cc1cc(CC(=O)N2CCC[C@H](c3nccn3C(C)C)C2)ccc1F. The van der Waals surface area contributed by atoms with Crippen LogP contribution in [0.1, 0.15) is 55.6 Å². The standard InChI is InChI=1S/C20H26FN3O/c1-14(2)24-10-8-22-20(24)17-5-4-9-23(13-17)19(25)12-16-6-7-18(21)15(3)11-16/h6-8,10-11,14,17H,4-5,9,12-13H2,1-3H3/t17-/m0/s1. The Morgan fingerprint density at radius 2 is 2.20 bits per heavy atom. The van der Waals surface area contributed by atoms with E-state index in [0.29, 0.717) is 24.6 Å². The van der Waals surface area contributed by atoms with Gasteiger partial charge < -0.3 is 9.47 Å². The molecule has 1 aliphatic heterocycles. The average molecular weight is 343 g/mol. The predicted molar refractivity (Wildman–Crippen MR) is 96.0 cm³/mol. The van der Waals surface area contributed by atoms with E-state index < -0.39 is 0 Å². The molecule has 1 aromatic heterocycles. The van der Waals surface area contributed by atoms with Gasteiger partial charge >= 0.3 is 0 Å². The van der Waals surface area contributed by atoms with Crippen LogP contribution in [0.2, 0.25) is 0 Å². The highest BCUT2D eigenvalue weighted by Crippen LogP contribution is 2.28. The highest BCUT2D eigenvalue weighted by atomic mass is 19.1. The largest absolute Gasteiger partial charge is 0.342 e. The van der Waals surface area contributed by atoms with Crippen LogP contribution in [0, 0.1) is 12.7 Å². The first-order valence-corrected chi connectivity index (χ1v) is 9.01. The van der Waals surface area contributed by atoms with E-state index >= 15 is 0 Å². The highest BCUT2D eigenvalue weighted by Gasteiger charge is 2.27. The van der Waals surface area contributed by atoms with Gasteiger partial charge in [-0.3, -0.25) is 4.79 Å². The number of hydrogen-bond acceptors (Lipinski definition) is 2. The summed E-state index contributed by atoms with van der Waals surface area (Å²) in [5.41, 5.74) is 1.45. The number of halogens is 1. The Morgan fingerprint density at radius 1 is 1.40 bits per heavy atom. The zero-order valence-electron chi connectivity index (χ0n) is 15.2. The number of amides is 1. The molecule has 2 aromatic rings. The first-order chi connectivity index (χ1) is 12.0. The molecule has 134 valence electrons. The van der Waals surface area contributed by atoms with E-state index in [2.05, 4.69) is 23.4 Å². The Labute approximate surface area is 148 Å². The van der Waals surface area contributed by atoms with Crippen LogP contribution in [0.25, 0.3) is 0 Å². The first-order valence-electron chi connectivity index (χ1n) is 9.01. The lowest BCUT2D eigenvalue weighted by Gasteiger charge is -2.33. The van der Waals surface area contributed by atoms with E-state index in [1.807, 2.05) is 17.3 Å². The predicted octanol–water partition coefficient (Wildman–Crippen LogP) is 3.86. The van der Waals surface area contributed by atoms with E-state index in [9.17, 15) is 9.18 Å². The molecule has 1 atom stereocenters. The summed E-state index contributed by atoms with van der Waals surface area (Å²) in [5, 5.41) is 0. The Hall–Kier alpha value is -2.17. The summed E-state index contributed by atoms with van der Waals surface area (Å²) in [7, 11) is 0. The third kappa shape index (κ3) is 3.91. The molecular formula is C20H26FN3O. The first kappa shape index (κ1) is 17.6. The van der Waals surface area contributed by atoms with E-state index in [1.54, 1.807) is 19.1 Å². The number of imidazole rings is 1. The maximum atomic E-state index is 13.4. The molecule has 0 bridgehead atoms. The van der Waals surface area contributed by atoms with Crippen LogP contribution in [0.15, 0.2) is 30.6 Å². The lowest BCUT2D eigenvalue weighted by Crippen LogP contribution is -2.40. The van der Waals surface area contributed by atoms with Gasteiger partial charge in [0.1, 0.15) is 11.6 Å². The van der Waals surface area contributed by atoms with E-state index in [0.717, 1.165) is 30.8 Å². The fourth-order valence-corrected chi connectivity index (χ4v) is 3.60. The van der Waals surface area contributed by atoms with Gasteiger partial charge in [0.05, 0.1) is 6.42 Å². The smallest absolute Gasteiger partial charge is 0.227 e. The van der Waals surface area contributed by atoms with Crippen LogP contribution in [-0.2, 0) is 11.2 Å². The number of benzene rings is 1. The molecule has 1 amide bonds. The van der Waals surface area contributed by atoms with Gasteiger partial charge in [0.25, 0.3) is 0 Å². The van der Waals surface area contributed by atoms with Crippen LogP contribution < -0.4 is 0 Å². The Balaban J connectivity index is 1.69. The molecule has 1 aliphatic rings. The lowest BCUT2D eigenvalue weighted by atomic mass is 9.96. The zero-order chi connectivity index (χ0) is 18.0. The zero-order valence-corrected chi connectivity index (χ0v) is 15.2. The van der Waals surface area contributed by atoms with Gasteiger partial charge in [-0.2, -0.15) is 0 Å². The van der Waals surface area contributed by atoms with Crippen molar-refractivity contribution in [2.45, 2.75) is 52.0 Å². The third-order valence-electron chi connectivity index (χ3n) is 4.97. The van der Waals surface area contributed by atoms with Crippen molar-refractivity contribution >= 4 is 5.91 Å². The van der Waals surface area contributed by atoms with Gasteiger partial charge in [-0.15, -0.1) is 0 Å². The number of likely N-dealkylation sites (tertiary alicyclic amines) is 1. The molecule has 4 nitrogen and oxygen atoms in total. The minimum Gasteiger partial charge on any atom is -0.342 e. The fraction of sp³-hybridized carbons (Fsp3) is 0.500. The van der Waals surface area contributed by atoms with Crippen LogP contribution >= 0.6 is 0 Å². The summed E-state index contributed by atoms with van der Waals surface area (Å²) in [4.78, 5) is 19.2. The minimum atomic E-state index is -0.227. The Bertz CT molecular complexity index is 753. The molecule has 5 heteroatoms. The Kier molecular flexibility index (Phi) is 5.21. The number of aromatic nitrogens is 2. The van der Waals surface area contributed by atoms with Crippen LogP contribution in [0.3, 0.4) is 0 Å². The van der Waals surface area contributed by atoms with Crippen molar-refractivity contribution in [3.8, 4) is 0 Å². The Morgan fingerprint density at radius 3 is 2.92 bits per heavy atom. The number of hydrogen-bond donors (Lipinski definition) is 0. The van der Waals surface area contributed by atoms with Crippen LogP contribution in [0.4, 0.5) is 4.39 Å². The second-order valence-corrected chi connectivity index (χ2v) is 7.23. The monoisotopic (exact) mass is 343 g/mol. The van der Waals surface area contributed by atoms with Gasteiger partial charge in [0.15, 0.2) is 0 Å². The van der Waals surface area contributed by atoms with E-state index in [-0.39, 0.29) is 17.6 Å². The second kappa shape index (κ2) is 7.38. The number of carbonyl (C=O) groups excluding carboxylic acids is 1. The van der Waals surface area contributed by atoms with Crippen molar-refractivity contribution in [3.05, 3.63) is 53.4 Å². The third-order valence-corrected chi connectivity index (χ3v) is 4.97. The number of piperidine rings is 1. The van der Waals surface area contributed by atoms with Crippen molar-refractivity contribution < 1.29 is 9.18 Å². The second-order valence-electron chi connectivity index (χ2n) is 7.23. The molecule has 0 aliphatic carbocycles. The van der Waals surface area contributed by atoms with E-state index in [4.69, 9.17) is 0 Å². The summed E-state index contributed by atoms with van der Waals surface area (Å²) in [6, 6.07) is 5.27. The van der Waals surface area contributed by atoms with Gasteiger partial charge in [-0.05, 0) is 50.8 Å². The normalized spacial score (nSPS) is 18.0. The topological polar surface area (TPSA) is 38.1 Å². The van der Waals surface area contributed by atoms with Gasteiger partial charge in [0.2, 0.25) is 5.91 Å². The van der Waals surface area contributed by atoms with Crippen LogP contribution in [0.5, 0.6) is 0 Å². The molecule has 1 saturated heterocycles. The van der Waals surface area contributed by atoms with Crippen molar-refractivity contribution in [1.82, 2.24) is 14.5 Å². The molecule has 0 saturated carbocycles. The van der Waals surface area contributed by atoms with Crippen LogP contribution in [-0.4, -0.2) is 33.4 Å². The summed E-state index contributed by atoms with van der Waals surface area (Å²) in [6.07, 6.45) is 6.24. The average Bonchev–Trinajstić information content (AvgIpc) is 3.08. The molecule has 1 fully saturated rings. The van der Waals surface area contributed by atoms with Gasteiger partial charge in [0, 0.05) is 37.4 Å². The van der Waals surface area contributed by atoms with E-state index in [1.165, 1.54) is 6.07 Å². The number of nitrogens with zero attached hydrogens (tertiary/aromatic N) is 3. The highest BCUT2D eigenvalue weighted by molar-refractivity contribution is 5.79. The fourth-order valence-electron chi connectivity index (χ4n) is 3.60. The number of carbonyl (C=O) groups is 1. The molecular weight excluding hydrogens is 317 g/mol. The molecule has 0 unspecified atom stereocenters. The summed E-state index contributed by atoms with van der Waals surface area (Å²) in [5.74, 6) is 1.24. The maximum absolute atomic E-state index is 13.4. The number of aryl methyl sites for hydroxylation is 1. The quantitative estimate of drug-likeness (QED) is 0.845. The number of rotatable bonds is 4. The van der Waals surface area contributed by atoms with Crippen molar-refractivity contribution in [3.63, 3.8) is 0 Å². The van der Waals surface area contributed by atoms with Gasteiger partial charge in [-0.25, -0.2) is 9.37 Å². The molecule has 3 rings (SSSR count). The van der Waals surface area contributed by atoms with Crippen molar-refractivity contribution in [1.29, 1.82) is 0 Å². The summed E-state index contributed by atoms with van der Waals surface area (Å²) in [6.45, 7) is 7.52. The minimum absolute atomic E-state index is 0.110. The molecule has 2 heterocycles. The summed E-state index contributed by atoms with van der Waals surface area (Å²) >= 11 is 0. The van der Waals surface area contributed by atoms with Crippen molar-refractivity contribution in [2.75, 3.05) is 13.1 Å². The molecule has 25 heavy (non-hydrogen) atoms. The lowest BCUT2D eigenvalue weighted by molar-refractivity contribution is -0.131. The van der Waals surface area contributed by atoms with Gasteiger partial charge in [-0.1, -0.05) is 12.1 Å². The molecule has 1 aromatic carbocycles. The molecule has 0 N–H and O–H groups in total. The maximum Gasteiger partial charge on any atom is 0.227 e. The van der Waals surface area contributed by atoms with Crippen molar-refractivity contribution in [2.24, 2.45) is 0 Å². The summed E-state index contributed by atoms with van der Waals surface area (Å²) < 4.78 is 15.6.